The van der Waals surface area contributed by atoms with E-state index in [1.165, 1.54) is 13.4 Å². The number of aryl methyl sites for hydroxylation is 1. The number of nitrogens with zero attached hydrogens (tertiary/aromatic N) is 2. The first kappa shape index (κ1) is 12.6. The monoisotopic (exact) mass is 250 g/mol. The molecule has 2 rings (SSSR count). The fourth-order valence-electron chi connectivity index (χ4n) is 2.29. The van der Waals surface area contributed by atoms with Crippen molar-refractivity contribution in [2.75, 3.05) is 18.2 Å². The minimum Gasteiger partial charge on any atom is -0.469 e. The zero-order chi connectivity index (χ0) is 13.1. The molecule has 6 nitrogen and oxygen atoms in total. The summed E-state index contributed by atoms with van der Waals surface area (Å²) in [5.74, 6) is 0.501. The Balaban J connectivity index is 1.99. The van der Waals surface area contributed by atoms with E-state index in [0.29, 0.717) is 11.5 Å². The molecule has 0 radical (unpaired) electrons. The summed E-state index contributed by atoms with van der Waals surface area (Å²) in [6, 6.07) is 0.214. The van der Waals surface area contributed by atoms with Gasteiger partial charge in [0.2, 0.25) is 0 Å². The van der Waals surface area contributed by atoms with Crippen molar-refractivity contribution in [2.45, 2.75) is 32.2 Å². The van der Waals surface area contributed by atoms with Crippen molar-refractivity contribution in [3.63, 3.8) is 0 Å². The Bertz CT molecular complexity index is 450. The van der Waals surface area contributed by atoms with E-state index in [1.54, 1.807) is 0 Å². The number of nitrogen functional groups attached to an aromatic ring is 1. The van der Waals surface area contributed by atoms with Crippen LogP contribution in [0.15, 0.2) is 6.33 Å². The average molecular weight is 250 g/mol. The van der Waals surface area contributed by atoms with Crippen LogP contribution in [0.3, 0.4) is 0 Å². The van der Waals surface area contributed by atoms with E-state index in [9.17, 15) is 4.79 Å². The summed E-state index contributed by atoms with van der Waals surface area (Å²) in [6.45, 7) is 1.84. The van der Waals surface area contributed by atoms with Gasteiger partial charge in [0.05, 0.1) is 24.4 Å². The lowest BCUT2D eigenvalue weighted by atomic mass is 10.1. The van der Waals surface area contributed by atoms with Gasteiger partial charge in [-0.1, -0.05) is 0 Å². The van der Waals surface area contributed by atoms with E-state index in [-0.39, 0.29) is 17.9 Å². The standard InChI is InChI=1S/C12H18N4O2/c1-7-10(13)11(15-6-14-7)16-9-4-3-8(5-9)12(17)18-2/h6,8-9H,3-5,13H2,1-2H3,(H,14,15,16)/t8-,9?/m0/s1. The summed E-state index contributed by atoms with van der Waals surface area (Å²) in [7, 11) is 1.43. The van der Waals surface area contributed by atoms with Gasteiger partial charge in [-0.3, -0.25) is 4.79 Å². The van der Waals surface area contributed by atoms with Crippen LogP contribution >= 0.6 is 0 Å². The molecule has 1 heterocycles. The van der Waals surface area contributed by atoms with Gasteiger partial charge >= 0.3 is 5.97 Å². The molecule has 0 amide bonds. The summed E-state index contributed by atoms with van der Waals surface area (Å²) in [5, 5.41) is 3.28. The largest absolute Gasteiger partial charge is 0.469 e. The van der Waals surface area contributed by atoms with Gasteiger partial charge in [-0.15, -0.1) is 0 Å². The molecule has 1 unspecified atom stereocenters. The van der Waals surface area contributed by atoms with Crippen molar-refractivity contribution in [3.8, 4) is 0 Å². The van der Waals surface area contributed by atoms with Gasteiger partial charge < -0.3 is 15.8 Å². The van der Waals surface area contributed by atoms with Gasteiger partial charge in [-0.2, -0.15) is 0 Å². The number of aromatic nitrogens is 2. The number of ether oxygens (including phenoxy) is 1. The predicted octanol–water partition coefficient (Wildman–Crippen LogP) is 1.12. The van der Waals surface area contributed by atoms with Crippen LogP contribution in [-0.4, -0.2) is 29.1 Å². The highest BCUT2D eigenvalue weighted by Crippen LogP contribution is 2.30. The van der Waals surface area contributed by atoms with Gasteiger partial charge in [0, 0.05) is 6.04 Å². The first-order valence-corrected chi connectivity index (χ1v) is 6.03. The second-order valence-electron chi connectivity index (χ2n) is 4.60. The van der Waals surface area contributed by atoms with Gasteiger partial charge in [-0.05, 0) is 26.2 Å². The zero-order valence-corrected chi connectivity index (χ0v) is 10.6. The third-order valence-electron chi connectivity index (χ3n) is 3.39. The van der Waals surface area contributed by atoms with E-state index < -0.39 is 0 Å². The Labute approximate surface area is 106 Å². The number of esters is 1. The lowest BCUT2D eigenvalue weighted by molar-refractivity contribution is -0.145. The van der Waals surface area contributed by atoms with Gasteiger partial charge in [0.25, 0.3) is 0 Å². The Morgan fingerprint density at radius 3 is 3.00 bits per heavy atom. The number of anilines is 2. The van der Waals surface area contributed by atoms with E-state index in [2.05, 4.69) is 15.3 Å². The summed E-state index contributed by atoms with van der Waals surface area (Å²) in [6.07, 6.45) is 4.01. The van der Waals surface area contributed by atoms with Crippen LogP contribution in [0.25, 0.3) is 0 Å². The van der Waals surface area contributed by atoms with Crippen LogP contribution in [0.4, 0.5) is 11.5 Å². The third kappa shape index (κ3) is 2.52. The Kier molecular flexibility index (Phi) is 3.64. The summed E-state index contributed by atoms with van der Waals surface area (Å²) in [4.78, 5) is 19.6. The second kappa shape index (κ2) is 5.20. The summed E-state index contributed by atoms with van der Waals surface area (Å²) >= 11 is 0. The number of carbonyl (C=O) groups is 1. The molecule has 6 heteroatoms. The van der Waals surface area contributed by atoms with Crippen molar-refractivity contribution in [1.82, 2.24) is 9.97 Å². The summed E-state index contributed by atoms with van der Waals surface area (Å²) < 4.78 is 4.76. The molecule has 1 aromatic heterocycles. The maximum atomic E-state index is 11.4. The molecule has 18 heavy (non-hydrogen) atoms. The molecule has 0 saturated heterocycles. The van der Waals surface area contributed by atoms with Gasteiger partial charge in [-0.25, -0.2) is 9.97 Å². The second-order valence-corrected chi connectivity index (χ2v) is 4.60. The maximum Gasteiger partial charge on any atom is 0.308 e. The number of nitrogens with one attached hydrogen (secondary N) is 1. The molecular formula is C12H18N4O2. The van der Waals surface area contributed by atoms with E-state index in [1.807, 2.05) is 6.92 Å². The van der Waals surface area contributed by atoms with Crippen molar-refractivity contribution in [1.29, 1.82) is 0 Å². The topological polar surface area (TPSA) is 90.1 Å². The molecule has 1 fully saturated rings. The minimum absolute atomic E-state index is 0.0170. The van der Waals surface area contributed by atoms with Crippen LogP contribution < -0.4 is 11.1 Å². The average Bonchev–Trinajstić information content (AvgIpc) is 2.82. The van der Waals surface area contributed by atoms with E-state index in [0.717, 1.165) is 25.0 Å². The van der Waals surface area contributed by atoms with Crippen LogP contribution in [0.2, 0.25) is 0 Å². The summed E-state index contributed by atoms with van der Waals surface area (Å²) in [5.41, 5.74) is 7.23. The Morgan fingerprint density at radius 1 is 1.50 bits per heavy atom. The SMILES string of the molecule is COC(=O)[C@H]1CCC(Nc2ncnc(C)c2N)C1. The number of nitrogens with two attached hydrogens (primary N) is 1. The molecular weight excluding hydrogens is 232 g/mol. The number of rotatable bonds is 3. The molecule has 1 aromatic rings. The molecule has 3 N–H and O–H groups in total. The number of hydrogen-bond acceptors (Lipinski definition) is 6. The Morgan fingerprint density at radius 2 is 2.28 bits per heavy atom. The van der Waals surface area contributed by atoms with E-state index in [4.69, 9.17) is 10.5 Å². The fraction of sp³-hybridized carbons (Fsp3) is 0.583. The number of methoxy groups -OCH3 is 1. The lowest BCUT2D eigenvalue weighted by Gasteiger charge is -2.15. The molecule has 2 atom stereocenters. The molecule has 0 aliphatic heterocycles. The highest BCUT2D eigenvalue weighted by Gasteiger charge is 2.31. The van der Waals surface area contributed by atoms with Crippen molar-refractivity contribution in [2.24, 2.45) is 5.92 Å². The lowest BCUT2D eigenvalue weighted by Crippen LogP contribution is -2.20. The third-order valence-corrected chi connectivity index (χ3v) is 3.39. The normalized spacial score (nSPS) is 22.8. The maximum absolute atomic E-state index is 11.4. The van der Waals surface area contributed by atoms with Crippen molar-refractivity contribution < 1.29 is 9.53 Å². The van der Waals surface area contributed by atoms with Gasteiger partial charge in [0.1, 0.15) is 6.33 Å². The number of carbonyl (C=O) groups excluding carboxylic acids is 1. The quantitative estimate of drug-likeness (QED) is 0.781. The highest BCUT2D eigenvalue weighted by molar-refractivity contribution is 5.73. The minimum atomic E-state index is -0.133. The Hall–Kier alpha value is -1.85. The predicted molar refractivity (Wildman–Crippen MR) is 67.9 cm³/mol. The van der Waals surface area contributed by atoms with Gasteiger partial charge in [0.15, 0.2) is 5.82 Å². The number of hydrogen-bond donors (Lipinski definition) is 2. The van der Waals surface area contributed by atoms with E-state index >= 15 is 0 Å². The molecule has 98 valence electrons. The molecule has 0 bridgehead atoms. The fourth-order valence-corrected chi connectivity index (χ4v) is 2.29. The zero-order valence-electron chi connectivity index (χ0n) is 10.6. The first-order valence-electron chi connectivity index (χ1n) is 6.03. The highest BCUT2D eigenvalue weighted by atomic mass is 16.5. The molecule has 1 saturated carbocycles. The van der Waals surface area contributed by atoms with Crippen LogP contribution in [0.1, 0.15) is 25.0 Å². The first-order chi connectivity index (χ1) is 8.61. The smallest absolute Gasteiger partial charge is 0.308 e. The van der Waals surface area contributed by atoms with Crippen molar-refractivity contribution in [3.05, 3.63) is 12.0 Å². The van der Waals surface area contributed by atoms with Crippen LogP contribution in [0.5, 0.6) is 0 Å². The van der Waals surface area contributed by atoms with Crippen LogP contribution in [-0.2, 0) is 9.53 Å². The molecule has 1 aliphatic rings. The molecule has 0 aromatic carbocycles. The molecule has 0 spiro atoms. The molecule has 1 aliphatic carbocycles. The van der Waals surface area contributed by atoms with Crippen molar-refractivity contribution >= 4 is 17.5 Å². The van der Waals surface area contributed by atoms with Crippen LogP contribution in [0, 0.1) is 12.8 Å².